The third-order valence-corrected chi connectivity index (χ3v) is 2.51. The first kappa shape index (κ1) is 15.5. The number of nitrogens with zero attached hydrogens (tertiary/aromatic N) is 1. The van der Waals surface area contributed by atoms with Crippen molar-refractivity contribution in [3.8, 4) is 0 Å². The van der Waals surface area contributed by atoms with E-state index >= 15 is 0 Å². The zero-order valence-electron chi connectivity index (χ0n) is 7.51. The molecule has 0 spiro atoms. The Labute approximate surface area is 133 Å². The molecule has 0 fully saturated rings. The molecule has 0 aliphatic heterocycles. The van der Waals surface area contributed by atoms with Crippen molar-refractivity contribution in [3.63, 3.8) is 0 Å². The van der Waals surface area contributed by atoms with E-state index in [9.17, 15) is 23.1 Å². The van der Waals surface area contributed by atoms with Crippen molar-refractivity contribution < 1.29 is 69.3 Å². The first-order valence-electron chi connectivity index (χ1n) is 3.22. The minimum Gasteiger partial charge on any atom is -0.744 e. The second-order valence-corrected chi connectivity index (χ2v) is 4.11. The average Bonchev–Trinajstić information content (AvgIpc) is 2.01. The zero-order chi connectivity index (χ0) is 10.9. The van der Waals surface area contributed by atoms with E-state index in [0.29, 0.717) is 0 Å². The third kappa shape index (κ3) is 4.08. The summed E-state index contributed by atoms with van der Waals surface area (Å²) < 4.78 is 31.7. The van der Waals surface area contributed by atoms with Crippen LogP contribution in [0.4, 0.5) is 5.69 Å². The molecule has 0 aromatic heterocycles. The molecular weight excluding hydrogens is 273 g/mol. The molecule has 15 heavy (non-hydrogen) atoms. The van der Waals surface area contributed by atoms with E-state index in [1.807, 2.05) is 0 Å². The molecule has 0 radical (unpaired) electrons. The van der Waals surface area contributed by atoms with Gasteiger partial charge in [-0.25, -0.2) is 8.42 Å². The fourth-order valence-electron chi connectivity index (χ4n) is 0.845. The SMILES string of the molecule is O=[N+]([O-])c1cc(Cl)ccc1S(=O)(=O)[O-].[K+]. The van der Waals surface area contributed by atoms with Crippen LogP contribution in [0.3, 0.4) is 0 Å². The van der Waals surface area contributed by atoms with E-state index in [-0.39, 0.29) is 56.4 Å². The molecule has 1 rings (SSSR count). The third-order valence-electron chi connectivity index (χ3n) is 1.39. The van der Waals surface area contributed by atoms with Crippen LogP contribution in [0.15, 0.2) is 23.1 Å². The van der Waals surface area contributed by atoms with Gasteiger partial charge in [0.25, 0.3) is 5.69 Å². The molecule has 1 aromatic rings. The van der Waals surface area contributed by atoms with Crippen LogP contribution in [0.1, 0.15) is 0 Å². The average molecular weight is 276 g/mol. The van der Waals surface area contributed by atoms with E-state index in [0.717, 1.165) is 18.2 Å². The van der Waals surface area contributed by atoms with Crippen LogP contribution in [0, 0.1) is 10.1 Å². The Morgan fingerprint density at radius 1 is 1.33 bits per heavy atom. The van der Waals surface area contributed by atoms with E-state index in [4.69, 9.17) is 11.6 Å². The Hall–Kier alpha value is 0.456. The molecule has 0 unspecified atom stereocenters. The maximum absolute atomic E-state index is 10.6. The van der Waals surface area contributed by atoms with Crippen molar-refractivity contribution in [3.05, 3.63) is 33.3 Å². The quantitative estimate of drug-likeness (QED) is 0.273. The Bertz CT molecular complexity index is 488. The maximum atomic E-state index is 10.6. The maximum Gasteiger partial charge on any atom is 1.00 e. The topological polar surface area (TPSA) is 100 Å². The van der Waals surface area contributed by atoms with Gasteiger partial charge < -0.3 is 4.55 Å². The van der Waals surface area contributed by atoms with Gasteiger partial charge in [-0.3, -0.25) is 10.1 Å². The first-order chi connectivity index (χ1) is 6.32. The first-order valence-corrected chi connectivity index (χ1v) is 5.01. The predicted molar refractivity (Wildman–Crippen MR) is 46.1 cm³/mol. The van der Waals surface area contributed by atoms with Gasteiger partial charge in [0.1, 0.15) is 15.0 Å². The summed E-state index contributed by atoms with van der Waals surface area (Å²) in [7, 11) is -4.85. The van der Waals surface area contributed by atoms with Crippen molar-refractivity contribution in [2.75, 3.05) is 0 Å². The Kier molecular flexibility index (Phi) is 5.86. The van der Waals surface area contributed by atoms with Crippen LogP contribution in [-0.2, 0) is 10.1 Å². The van der Waals surface area contributed by atoms with Crippen molar-refractivity contribution >= 4 is 27.4 Å². The van der Waals surface area contributed by atoms with Gasteiger partial charge in [0.2, 0.25) is 0 Å². The zero-order valence-corrected chi connectivity index (χ0v) is 12.2. The van der Waals surface area contributed by atoms with Gasteiger partial charge in [0.15, 0.2) is 0 Å². The van der Waals surface area contributed by atoms with Crippen LogP contribution >= 0.6 is 11.6 Å². The largest absolute Gasteiger partial charge is 1.00 e. The van der Waals surface area contributed by atoms with Crippen molar-refractivity contribution in [1.82, 2.24) is 0 Å². The second-order valence-electron chi connectivity index (χ2n) is 2.32. The molecule has 0 saturated heterocycles. The summed E-state index contributed by atoms with van der Waals surface area (Å²) in [6.07, 6.45) is 0. The Balaban J connectivity index is 0.00000196. The molecule has 9 heteroatoms. The van der Waals surface area contributed by atoms with E-state index in [2.05, 4.69) is 0 Å². The number of rotatable bonds is 2. The molecule has 0 atom stereocenters. The molecule has 0 aliphatic carbocycles. The number of benzene rings is 1. The van der Waals surface area contributed by atoms with Crippen molar-refractivity contribution in [1.29, 1.82) is 0 Å². The van der Waals surface area contributed by atoms with E-state index in [1.165, 1.54) is 0 Å². The van der Waals surface area contributed by atoms with Crippen LogP contribution in [0.25, 0.3) is 0 Å². The van der Waals surface area contributed by atoms with Gasteiger partial charge in [-0.15, -0.1) is 0 Å². The number of halogens is 1. The van der Waals surface area contributed by atoms with Gasteiger partial charge in [-0.1, -0.05) is 11.6 Å². The van der Waals surface area contributed by atoms with Gasteiger partial charge in [-0.05, 0) is 12.1 Å². The van der Waals surface area contributed by atoms with Crippen LogP contribution in [0.2, 0.25) is 5.02 Å². The minimum atomic E-state index is -4.85. The van der Waals surface area contributed by atoms with Gasteiger partial charge in [0.05, 0.1) is 4.92 Å². The smallest absolute Gasteiger partial charge is 0.744 e. The Morgan fingerprint density at radius 2 is 1.87 bits per heavy atom. The van der Waals surface area contributed by atoms with Crippen molar-refractivity contribution in [2.45, 2.75) is 4.90 Å². The second kappa shape index (κ2) is 5.69. The van der Waals surface area contributed by atoms with Crippen LogP contribution in [-0.4, -0.2) is 17.9 Å². The van der Waals surface area contributed by atoms with Gasteiger partial charge in [0, 0.05) is 11.1 Å². The van der Waals surface area contributed by atoms with Crippen LogP contribution < -0.4 is 51.4 Å². The number of nitro groups is 1. The molecule has 1 aromatic carbocycles. The molecule has 0 N–H and O–H groups in total. The molecule has 76 valence electrons. The number of hydrogen-bond donors (Lipinski definition) is 0. The predicted octanol–water partition coefficient (Wildman–Crippen LogP) is -1.84. The van der Waals surface area contributed by atoms with E-state index in [1.54, 1.807) is 0 Å². The van der Waals surface area contributed by atoms with Gasteiger partial charge in [-0.2, -0.15) is 0 Å². The summed E-state index contributed by atoms with van der Waals surface area (Å²) >= 11 is 5.41. The Morgan fingerprint density at radius 3 is 2.27 bits per heavy atom. The summed E-state index contributed by atoms with van der Waals surface area (Å²) in [5.74, 6) is 0. The summed E-state index contributed by atoms with van der Waals surface area (Å²) in [6, 6.07) is 2.72. The molecule has 0 saturated carbocycles. The fourth-order valence-corrected chi connectivity index (χ4v) is 1.64. The van der Waals surface area contributed by atoms with Gasteiger partial charge >= 0.3 is 51.4 Å². The van der Waals surface area contributed by atoms with Crippen molar-refractivity contribution in [2.24, 2.45) is 0 Å². The normalized spacial score (nSPS) is 10.5. The van der Waals surface area contributed by atoms with E-state index < -0.39 is 25.6 Å². The molecule has 0 amide bonds. The minimum absolute atomic E-state index is 0. The molecule has 0 bridgehead atoms. The molecule has 0 heterocycles. The summed E-state index contributed by atoms with van der Waals surface area (Å²) in [5, 5.41) is 10.4. The van der Waals surface area contributed by atoms with Crippen LogP contribution in [0.5, 0.6) is 0 Å². The molecule has 6 nitrogen and oxygen atoms in total. The summed E-state index contributed by atoms with van der Waals surface area (Å²) in [5.41, 5.74) is -0.812. The number of hydrogen-bond acceptors (Lipinski definition) is 5. The molecular formula is C6H3ClKNO5S. The fraction of sp³-hybridized carbons (Fsp3) is 0. The standard InChI is InChI=1S/C6H4ClNO5S.K/c7-4-1-2-6(14(11,12)13)5(3-4)8(9)10;/h1-3H,(H,11,12,13);/q;+1/p-1. The number of nitro benzene ring substituents is 1. The monoisotopic (exact) mass is 275 g/mol. The molecule has 0 aliphatic rings. The summed E-state index contributed by atoms with van der Waals surface area (Å²) in [4.78, 5) is 8.51. The summed E-state index contributed by atoms with van der Waals surface area (Å²) in [6.45, 7) is 0.